The molecular formula is C27H35ClO5. The molecule has 2 N–H and O–H groups in total. The number of benzene rings is 1. The van der Waals surface area contributed by atoms with Crippen LogP contribution in [0.4, 0.5) is 0 Å². The SMILES string of the molecule is [2H]C([2H])([2H])OC(=C1C2CCCC1C1=C(CCCC1)C2)c1ccc(Cl)c(OC2OC[C@@H](O)[C@H](O)[C@@H]2C)c1. The lowest BCUT2D eigenvalue weighted by Gasteiger charge is -2.43. The Morgan fingerprint density at radius 1 is 1.18 bits per heavy atom. The summed E-state index contributed by atoms with van der Waals surface area (Å²) in [6.07, 6.45) is 6.06. The molecule has 33 heavy (non-hydrogen) atoms. The second kappa shape index (κ2) is 9.61. The van der Waals surface area contributed by atoms with Crippen LogP contribution in [0.5, 0.6) is 5.75 Å². The normalized spacial score (nSPS) is 37.4. The molecule has 0 aromatic heterocycles. The van der Waals surface area contributed by atoms with Crippen LogP contribution in [0.2, 0.25) is 5.02 Å². The Morgan fingerprint density at radius 3 is 2.88 bits per heavy atom. The molecule has 4 aliphatic rings. The van der Waals surface area contributed by atoms with E-state index in [0.29, 0.717) is 22.1 Å². The number of hydrogen-bond donors (Lipinski definition) is 2. The van der Waals surface area contributed by atoms with Gasteiger partial charge in [-0.3, -0.25) is 0 Å². The third-order valence-corrected chi connectivity index (χ3v) is 8.31. The maximum Gasteiger partial charge on any atom is 0.205 e. The van der Waals surface area contributed by atoms with E-state index < -0.39 is 31.5 Å². The van der Waals surface area contributed by atoms with Gasteiger partial charge in [0.05, 0.1) is 28.9 Å². The monoisotopic (exact) mass is 477 g/mol. The quantitative estimate of drug-likeness (QED) is 0.444. The van der Waals surface area contributed by atoms with Crippen molar-refractivity contribution in [2.45, 2.75) is 76.8 Å². The van der Waals surface area contributed by atoms with Gasteiger partial charge in [-0.2, -0.15) is 0 Å². The van der Waals surface area contributed by atoms with Gasteiger partial charge in [0.25, 0.3) is 0 Å². The van der Waals surface area contributed by atoms with E-state index in [1.54, 1.807) is 30.7 Å². The van der Waals surface area contributed by atoms with Gasteiger partial charge < -0.3 is 24.4 Å². The zero-order valence-electron chi connectivity index (χ0n) is 22.1. The zero-order chi connectivity index (χ0) is 25.6. The van der Waals surface area contributed by atoms with Gasteiger partial charge in [-0.1, -0.05) is 36.1 Å². The number of rotatable bonds is 4. The molecule has 0 spiro atoms. The number of hydrogen-bond acceptors (Lipinski definition) is 5. The lowest BCUT2D eigenvalue weighted by atomic mass is 9.62. The molecule has 2 bridgehead atoms. The summed E-state index contributed by atoms with van der Waals surface area (Å²) >= 11 is 6.47. The fourth-order valence-electron chi connectivity index (χ4n) is 6.27. The van der Waals surface area contributed by atoms with Gasteiger partial charge in [-0.05, 0) is 74.6 Å². The zero-order valence-corrected chi connectivity index (χ0v) is 19.8. The van der Waals surface area contributed by atoms with Crippen molar-refractivity contribution >= 4 is 17.4 Å². The average molecular weight is 478 g/mol. The van der Waals surface area contributed by atoms with Crippen molar-refractivity contribution in [2.24, 2.45) is 17.8 Å². The molecule has 1 aliphatic heterocycles. The van der Waals surface area contributed by atoms with Gasteiger partial charge in [0.2, 0.25) is 6.29 Å². The van der Waals surface area contributed by atoms with Crippen molar-refractivity contribution < 1.29 is 28.5 Å². The van der Waals surface area contributed by atoms with Crippen molar-refractivity contribution in [3.63, 3.8) is 0 Å². The van der Waals surface area contributed by atoms with Crippen LogP contribution in [0.1, 0.15) is 68.0 Å². The third kappa shape index (κ3) is 4.34. The fraction of sp³-hybridized carbons (Fsp3) is 0.630. The molecule has 5 rings (SSSR count). The molecule has 3 unspecified atom stereocenters. The van der Waals surface area contributed by atoms with Gasteiger partial charge in [0, 0.05) is 17.4 Å². The number of fused-ring (bicyclic) bond motifs is 3. The molecule has 1 heterocycles. The van der Waals surface area contributed by atoms with Crippen LogP contribution in [0.25, 0.3) is 5.76 Å². The van der Waals surface area contributed by atoms with Crippen LogP contribution in [0.3, 0.4) is 0 Å². The summed E-state index contributed by atoms with van der Waals surface area (Å²) in [7, 11) is -2.60. The summed E-state index contributed by atoms with van der Waals surface area (Å²) in [6.45, 7) is 1.69. The second-order valence-corrected chi connectivity index (χ2v) is 10.4. The smallest absolute Gasteiger partial charge is 0.205 e. The Labute approximate surface area is 205 Å². The summed E-state index contributed by atoms with van der Waals surface area (Å²) < 4.78 is 41.2. The lowest BCUT2D eigenvalue weighted by molar-refractivity contribution is -0.214. The first-order valence-corrected chi connectivity index (χ1v) is 12.6. The summed E-state index contributed by atoms with van der Waals surface area (Å²) in [6, 6.07) is 5.18. The minimum atomic E-state index is -2.60. The van der Waals surface area contributed by atoms with Crippen LogP contribution >= 0.6 is 11.6 Å². The first-order valence-electron chi connectivity index (χ1n) is 13.7. The lowest BCUT2D eigenvalue weighted by Crippen LogP contribution is -2.50. The topological polar surface area (TPSA) is 68.2 Å². The Bertz CT molecular complexity index is 1050. The number of aliphatic hydroxyl groups is 2. The van der Waals surface area contributed by atoms with Gasteiger partial charge in [0.15, 0.2) is 0 Å². The van der Waals surface area contributed by atoms with Gasteiger partial charge >= 0.3 is 0 Å². The molecule has 5 nitrogen and oxygen atoms in total. The van der Waals surface area contributed by atoms with E-state index in [9.17, 15) is 10.2 Å². The molecule has 180 valence electrons. The van der Waals surface area contributed by atoms with Gasteiger partial charge in [0.1, 0.15) is 17.6 Å². The van der Waals surface area contributed by atoms with E-state index in [4.69, 9.17) is 29.9 Å². The van der Waals surface area contributed by atoms with Crippen molar-refractivity contribution in [3.05, 3.63) is 45.5 Å². The molecule has 0 radical (unpaired) electrons. The highest BCUT2D eigenvalue weighted by Gasteiger charge is 2.40. The van der Waals surface area contributed by atoms with E-state index in [1.807, 2.05) is 0 Å². The van der Waals surface area contributed by atoms with Crippen molar-refractivity contribution in [1.29, 1.82) is 0 Å². The van der Waals surface area contributed by atoms with E-state index in [0.717, 1.165) is 44.1 Å². The molecule has 1 saturated carbocycles. The van der Waals surface area contributed by atoms with Crippen molar-refractivity contribution in [3.8, 4) is 5.75 Å². The number of methoxy groups -OCH3 is 1. The molecule has 1 aromatic carbocycles. The van der Waals surface area contributed by atoms with Crippen LogP contribution in [-0.2, 0) is 9.47 Å². The number of halogens is 1. The molecule has 1 aromatic rings. The van der Waals surface area contributed by atoms with E-state index in [1.165, 1.54) is 18.4 Å². The average Bonchev–Trinajstić information content (AvgIpc) is 2.83. The molecule has 6 atom stereocenters. The number of ether oxygens (including phenoxy) is 3. The Balaban J connectivity index is 1.54. The van der Waals surface area contributed by atoms with E-state index >= 15 is 0 Å². The first-order chi connectivity index (χ1) is 17.1. The molecule has 2 fully saturated rings. The standard InChI is InChI=1S/C27H35ClO5/c1-15-25(30)22(29)14-32-27(15)33-23-13-18(10-11-21(23)28)26(31-2)24-17-7-5-9-20(24)19-8-4-3-6-16(19)12-17/h10-11,13,15,17,20,22,25,27,29-30H,3-9,12,14H2,1-2H3/t15-,17?,20?,22+,25+,27?/m0/s1/i2D3. The van der Waals surface area contributed by atoms with Crippen molar-refractivity contribution in [2.75, 3.05) is 13.6 Å². The number of allylic oxidation sites excluding steroid dienone is 3. The Kier molecular flexibility index (Phi) is 5.75. The van der Waals surface area contributed by atoms with Crippen LogP contribution < -0.4 is 4.74 Å². The maximum atomic E-state index is 10.3. The summed E-state index contributed by atoms with van der Waals surface area (Å²) in [5.74, 6) is 0.746. The summed E-state index contributed by atoms with van der Waals surface area (Å²) in [4.78, 5) is 0. The first kappa shape index (κ1) is 19.7. The van der Waals surface area contributed by atoms with Crippen LogP contribution in [-0.4, -0.2) is 42.4 Å². The minimum Gasteiger partial charge on any atom is -0.496 e. The van der Waals surface area contributed by atoms with Gasteiger partial charge in [-0.25, -0.2) is 0 Å². The molecule has 6 heteroatoms. The molecule has 0 amide bonds. The number of aliphatic hydroxyl groups excluding tert-OH is 2. The van der Waals surface area contributed by atoms with Gasteiger partial charge in [-0.15, -0.1) is 0 Å². The predicted molar refractivity (Wildman–Crippen MR) is 128 cm³/mol. The highest BCUT2D eigenvalue weighted by Crippen LogP contribution is 2.53. The summed E-state index contributed by atoms with van der Waals surface area (Å²) in [5, 5.41) is 20.5. The molecule has 3 aliphatic carbocycles. The molecular weight excluding hydrogens is 440 g/mol. The highest BCUT2D eigenvalue weighted by molar-refractivity contribution is 6.32. The van der Waals surface area contributed by atoms with Crippen molar-refractivity contribution in [1.82, 2.24) is 0 Å². The van der Waals surface area contributed by atoms with E-state index in [-0.39, 0.29) is 18.4 Å². The third-order valence-electron chi connectivity index (χ3n) is 8.00. The summed E-state index contributed by atoms with van der Waals surface area (Å²) in [5.41, 5.74) is 4.80. The highest BCUT2D eigenvalue weighted by atomic mass is 35.5. The van der Waals surface area contributed by atoms with Crippen LogP contribution in [0.15, 0.2) is 34.9 Å². The maximum absolute atomic E-state index is 10.3. The minimum absolute atomic E-state index is 0.0499. The fourth-order valence-corrected chi connectivity index (χ4v) is 6.43. The Hall–Kier alpha value is -1.53. The Morgan fingerprint density at radius 2 is 2.03 bits per heavy atom. The largest absolute Gasteiger partial charge is 0.496 e. The van der Waals surface area contributed by atoms with E-state index in [2.05, 4.69) is 0 Å². The van der Waals surface area contributed by atoms with Crippen LogP contribution in [0, 0.1) is 17.8 Å². The second-order valence-electron chi connectivity index (χ2n) is 9.99. The predicted octanol–water partition coefficient (Wildman–Crippen LogP) is 5.48. The molecule has 1 saturated heterocycles.